The Bertz CT molecular complexity index is 695. The Morgan fingerprint density at radius 2 is 1.48 bits per heavy atom. The van der Waals surface area contributed by atoms with E-state index in [2.05, 4.69) is 5.32 Å². The largest absolute Gasteiger partial charge is 0.444 e. The van der Waals surface area contributed by atoms with Gasteiger partial charge in [-0.1, -0.05) is 58.0 Å². The lowest BCUT2D eigenvalue weighted by atomic mass is 10.2. The highest BCUT2D eigenvalue weighted by molar-refractivity contribution is 7.98. The number of esters is 1. The van der Waals surface area contributed by atoms with Gasteiger partial charge in [0.15, 0.2) is 5.75 Å². The van der Waals surface area contributed by atoms with Crippen molar-refractivity contribution in [2.75, 3.05) is 12.0 Å². The molecule has 11 heteroatoms. The summed E-state index contributed by atoms with van der Waals surface area (Å²) in [6.45, 7) is 5.12. The highest BCUT2D eigenvalue weighted by atomic mass is 35.5. The third kappa shape index (κ3) is 7.26. The van der Waals surface area contributed by atoms with Gasteiger partial charge in [0.2, 0.25) is 0 Å². The second-order valence-corrected chi connectivity index (χ2v) is 9.18. The number of rotatable bonds is 6. The lowest BCUT2D eigenvalue weighted by Crippen LogP contribution is -2.45. The molecule has 0 aliphatic carbocycles. The summed E-state index contributed by atoms with van der Waals surface area (Å²) >= 11 is 31.5. The molecule has 0 radical (unpaired) electrons. The number of benzene rings is 1. The van der Waals surface area contributed by atoms with E-state index >= 15 is 0 Å². The van der Waals surface area contributed by atoms with Crippen LogP contribution in [0.15, 0.2) is 0 Å². The molecule has 0 saturated heterocycles. The Kier molecular flexibility index (Phi) is 9.65. The lowest BCUT2D eigenvalue weighted by molar-refractivity contribution is -0.136. The summed E-state index contributed by atoms with van der Waals surface area (Å²) in [5.74, 6) is -0.449. The van der Waals surface area contributed by atoms with Gasteiger partial charge in [-0.3, -0.25) is 0 Å². The molecule has 0 heterocycles. The Morgan fingerprint density at radius 1 is 1.00 bits per heavy atom. The molecule has 0 aliphatic heterocycles. The molecule has 5 nitrogen and oxygen atoms in total. The summed E-state index contributed by atoms with van der Waals surface area (Å²) < 4.78 is 10.4. The molecule has 1 rings (SSSR count). The molecular weight excluding hydrogens is 480 g/mol. The van der Waals surface area contributed by atoms with Gasteiger partial charge in [0.1, 0.15) is 21.7 Å². The summed E-state index contributed by atoms with van der Waals surface area (Å²) in [7, 11) is 0. The van der Waals surface area contributed by atoms with E-state index in [0.717, 1.165) is 0 Å². The maximum absolute atomic E-state index is 12.6. The molecule has 152 valence electrons. The maximum Gasteiger partial charge on any atom is 0.408 e. The van der Waals surface area contributed by atoms with Crippen LogP contribution in [0.25, 0.3) is 0 Å². The second kappa shape index (κ2) is 10.5. The van der Waals surface area contributed by atoms with Crippen LogP contribution < -0.4 is 10.1 Å². The van der Waals surface area contributed by atoms with Gasteiger partial charge in [-0.2, -0.15) is 11.8 Å². The number of carbonyl (C=O) groups is 2. The average molecular weight is 498 g/mol. The standard InChI is InChI=1S/C16H18Cl5NO4S/c1-16(2,3)26-15(24)22-7(5-6-27-4)14(23)25-13-11(20)9(18)8(17)10(19)12(13)21/h7H,5-6H2,1-4H3,(H,22,24)/t7-/m1/s1. The first-order chi connectivity index (χ1) is 12.4. The fraction of sp³-hybridized carbons (Fsp3) is 0.500. The zero-order chi connectivity index (χ0) is 20.9. The molecular formula is C16H18Cl5NO4S. The Morgan fingerprint density at radius 3 is 1.93 bits per heavy atom. The molecule has 0 aliphatic rings. The van der Waals surface area contributed by atoms with Crippen molar-refractivity contribution >= 4 is 81.8 Å². The molecule has 0 unspecified atom stereocenters. The Balaban J connectivity index is 3.06. The first-order valence-corrected chi connectivity index (χ1v) is 10.9. The number of halogens is 5. The summed E-state index contributed by atoms with van der Waals surface area (Å²) in [6.07, 6.45) is 1.40. The molecule has 27 heavy (non-hydrogen) atoms. The van der Waals surface area contributed by atoms with Gasteiger partial charge < -0.3 is 14.8 Å². The topological polar surface area (TPSA) is 64.6 Å². The SMILES string of the molecule is CSCC[C@@H](NC(=O)OC(C)(C)C)C(=O)Oc1c(Cl)c(Cl)c(Cl)c(Cl)c1Cl. The molecule has 1 aromatic carbocycles. The van der Waals surface area contributed by atoms with Crippen LogP contribution in [0, 0.1) is 0 Å². The number of alkyl carbamates (subject to hydrolysis) is 1. The van der Waals surface area contributed by atoms with E-state index in [9.17, 15) is 9.59 Å². The van der Waals surface area contributed by atoms with Gasteiger partial charge in [-0.15, -0.1) is 0 Å². The minimum atomic E-state index is -0.993. The van der Waals surface area contributed by atoms with Crippen LogP contribution in [0.5, 0.6) is 5.75 Å². The zero-order valence-electron chi connectivity index (χ0n) is 14.9. The van der Waals surface area contributed by atoms with E-state index in [0.29, 0.717) is 12.2 Å². The number of nitrogens with one attached hydrogen (secondary N) is 1. The predicted molar refractivity (Wildman–Crippen MR) is 113 cm³/mol. The molecule has 0 fully saturated rings. The van der Waals surface area contributed by atoms with Gasteiger partial charge >= 0.3 is 12.1 Å². The quantitative estimate of drug-likeness (QED) is 0.210. The van der Waals surface area contributed by atoms with Gasteiger partial charge in [-0.25, -0.2) is 9.59 Å². The number of hydrogen-bond acceptors (Lipinski definition) is 5. The number of ether oxygens (including phenoxy) is 2. The van der Waals surface area contributed by atoms with Gasteiger partial charge in [-0.05, 0) is 39.2 Å². The van der Waals surface area contributed by atoms with Crippen LogP contribution in [0.4, 0.5) is 4.79 Å². The van der Waals surface area contributed by atoms with Crippen molar-refractivity contribution in [1.29, 1.82) is 0 Å². The molecule has 1 atom stereocenters. The maximum atomic E-state index is 12.6. The van der Waals surface area contributed by atoms with E-state index in [4.69, 9.17) is 67.5 Å². The van der Waals surface area contributed by atoms with Crippen LogP contribution in [0.1, 0.15) is 27.2 Å². The summed E-state index contributed by atoms with van der Waals surface area (Å²) in [5.41, 5.74) is -0.720. The average Bonchev–Trinajstić information content (AvgIpc) is 2.57. The van der Waals surface area contributed by atoms with E-state index in [-0.39, 0.29) is 30.9 Å². The Labute approximate surface area is 187 Å². The highest BCUT2D eigenvalue weighted by Gasteiger charge is 2.29. The van der Waals surface area contributed by atoms with Crippen molar-refractivity contribution in [2.24, 2.45) is 0 Å². The monoisotopic (exact) mass is 495 g/mol. The molecule has 0 spiro atoms. The second-order valence-electron chi connectivity index (χ2n) is 6.30. The number of hydrogen-bond donors (Lipinski definition) is 1. The van der Waals surface area contributed by atoms with Gasteiger partial charge in [0, 0.05) is 0 Å². The van der Waals surface area contributed by atoms with E-state index in [1.165, 1.54) is 11.8 Å². The van der Waals surface area contributed by atoms with Crippen LogP contribution in [0.2, 0.25) is 25.1 Å². The highest BCUT2D eigenvalue weighted by Crippen LogP contribution is 2.48. The first kappa shape index (κ1) is 24.8. The van der Waals surface area contributed by atoms with Crippen molar-refractivity contribution in [2.45, 2.75) is 38.8 Å². The summed E-state index contributed by atoms with van der Waals surface area (Å²) in [4.78, 5) is 24.6. The van der Waals surface area contributed by atoms with Crippen molar-refractivity contribution in [3.05, 3.63) is 25.1 Å². The Hall–Kier alpha value is -0.240. The molecule has 0 aromatic heterocycles. The van der Waals surface area contributed by atoms with E-state index in [1.807, 2.05) is 6.26 Å². The normalized spacial score (nSPS) is 12.5. The summed E-state index contributed by atoms with van der Waals surface area (Å²) in [6, 6.07) is -0.993. The van der Waals surface area contributed by atoms with Gasteiger partial charge in [0.25, 0.3) is 0 Å². The zero-order valence-corrected chi connectivity index (χ0v) is 19.5. The van der Waals surface area contributed by atoms with Crippen LogP contribution >= 0.6 is 69.8 Å². The third-order valence-electron chi connectivity index (χ3n) is 2.96. The van der Waals surface area contributed by atoms with Crippen molar-refractivity contribution in [3.63, 3.8) is 0 Å². The van der Waals surface area contributed by atoms with Crippen molar-refractivity contribution in [3.8, 4) is 5.75 Å². The first-order valence-electron chi connectivity index (χ1n) is 7.60. The van der Waals surface area contributed by atoms with E-state index < -0.39 is 23.7 Å². The number of carbonyl (C=O) groups excluding carboxylic acids is 2. The summed E-state index contributed by atoms with van der Waals surface area (Å²) in [5, 5.41) is 1.90. The fourth-order valence-corrected chi connectivity index (χ4v) is 3.45. The number of thioether (sulfide) groups is 1. The van der Waals surface area contributed by atoms with E-state index in [1.54, 1.807) is 20.8 Å². The van der Waals surface area contributed by atoms with Crippen molar-refractivity contribution in [1.82, 2.24) is 5.32 Å². The lowest BCUT2D eigenvalue weighted by Gasteiger charge is -2.23. The molecule has 0 saturated carbocycles. The third-order valence-corrected chi connectivity index (χ3v) is 5.84. The fourth-order valence-electron chi connectivity index (χ4n) is 1.78. The van der Waals surface area contributed by atoms with Crippen LogP contribution in [-0.2, 0) is 9.53 Å². The minimum Gasteiger partial charge on any atom is -0.444 e. The molecule has 1 N–H and O–H groups in total. The minimum absolute atomic E-state index is 0.0565. The predicted octanol–water partition coefficient (Wildman–Crippen LogP) is 6.51. The smallest absolute Gasteiger partial charge is 0.408 e. The van der Waals surface area contributed by atoms with Crippen molar-refractivity contribution < 1.29 is 19.1 Å². The number of amides is 1. The molecule has 1 amide bonds. The van der Waals surface area contributed by atoms with Gasteiger partial charge in [0.05, 0.1) is 15.1 Å². The molecule has 1 aromatic rings. The van der Waals surface area contributed by atoms with Crippen LogP contribution in [0.3, 0.4) is 0 Å². The van der Waals surface area contributed by atoms with Crippen LogP contribution in [-0.4, -0.2) is 35.7 Å². The molecule has 0 bridgehead atoms.